The van der Waals surface area contributed by atoms with Crippen LogP contribution in [0.15, 0.2) is 265 Å². The number of hydrogen-bond acceptors (Lipinski definition) is 38. The van der Waals surface area contributed by atoms with E-state index >= 15 is 0 Å². The highest BCUT2D eigenvalue weighted by Crippen LogP contribution is 2.49. The van der Waals surface area contributed by atoms with Crippen LogP contribution >= 0.6 is 34.8 Å². The number of nitrogens with one attached hydrogen (secondary N) is 6. The first kappa shape index (κ1) is 102. The Morgan fingerprint density at radius 3 is 0.965 bits per heavy atom. The van der Waals surface area contributed by atoms with Crippen molar-refractivity contribution in [3.05, 3.63) is 255 Å². The zero-order chi connectivity index (χ0) is 102. The van der Waals surface area contributed by atoms with E-state index in [0.717, 1.165) is 65.2 Å². The number of phenolic OH excluding ortho intramolecular Hbond substituents is 3. The third-order valence-electron chi connectivity index (χ3n) is 20.2. The molecule has 3 heterocycles. The van der Waals surface area contributed by atoms with Crippen molar-refractivity contribution in [3.8, 4) is 17.2 Å². The number of benzene rings is 13. The number of aromatic nitrogens is 9. The summed E-state index contributed by atoms with van der Waals surface area (Å²) in [5, 5.41) is 76.1. The molecule has 0 amide bonds. The van der Waals surface area contributed by atoms with E-state index in [1.807, 2.05) is 45.0 Å². The van der Waals surface area contributed by atoms with E-state index in [4.69, 9.17) is 34.8 Å². The van der Waals surface area contributed by atoms with Crippen molar-refractivity contribution in [2.24, 2.45) is 30.7 Å². The van der Waals surface area contributed by atoms with Gasteiger partial charge in [0.25, 0.3) is 70.8 Å². The summed E-state index contributed by atoms with van der Waals surface area (Å²) < 4.78 is 236. The number of rotatable bonds is 25. The Kier molecular flexibility index (Phi) is 29.1. The molecule has 726 valence electrons. The van der Waals surface area contributed by atoms with E-state index in [1.54, 1.807) is 75.4 Å². The lowest BCUT2D eigenvalue weighted by molar-refractivity contribution is 0.480. The fourth-order valence-electron chi connectivity index (χ4n) is 13.8. The first-order chi connectivity index (χ1) is 66.0. The molecule has 16 aromatic rings. The second kappa shape index (κ2) is 40.2. The van der Waals surface area contributed by atoms with E-state index in [9.17, 15) is 106 Å². The number of azo groups is 3. The van der Waals surface area contributed by atoms with Gasteiger partial charge in [0, 0.05) is 38.6 Å². The number of hydrogen-bond donors (Lipinski definition) is 16. The van der Waals surface area contributed by atoms with Crippen LogP contribution in [-0.4, -0.2) is 151 Å². The fourth-order valence-corrected chi connectivity index (χ4v) is 18.5. The summed E-state index contributed by atoms with van der Waals surface area (Å²) >= 11 is 18.4. The van der Waals surface area contributed by atoms with E-state index in [-0.39, 0.29) is 162 Å². The van der Waals surface area contributed by atoms with Crippen molar-refractivity contribution < 1.29 is 106 Å². The third kappa shape index (κ3) is 24.7. The van der Waals surface area contributed by atoms with Gasteiger partial charge in [-0.2, -0.15) is 109 Å². The standard InChI is InChI=1S/C32H26ClN7O7S2.C27H22ClN7O10S3.C27H22ClN7O7S2/c1-16-4-8-21(9-5-16)34-31-36-30(33)37-32(38-31)35-25-15-22(48(42,43)44)14-20-13-18(3)27(28(41)26(20)25)40-39-24-11-7-19-12-17(2)6-10-23(19)29(24)49(45,46)47;1-13-6-7-19(21(8-13)48(43,44)45)34-35-23-14(2)9-15-10-18(47(40,41)42)12-20(22(15)24(23)36)30-27-32-25(28)31-26(33-27)29-16-4-3-5-17(11-16)46(37,38)39;1-14-6-8-17(9-7-14)34-35-23-15(2)10-16-11-20(44(40,41)42)13-21(22(16)24(23)36)30-27-32-25(28)31-26(33-27)29-18-4-3-5-19(12-18)43(37,38)39/h4-15,41H,1-3H3,(H,42,43,44)(H,45,46,47)(H2,34,35,36,37,38);3-12,36H,1-2H3,(H,37,38,39)(H,40,41,42)(H,43,44,45)(H2,29,30,31,32,33);3-13,36H,1-2H3,(H,37,38,39)(H,40,41,42)(H2,29,30,31,32,33). The van der Waals surface area contributed by atoms with Gasteiger partial charge in [0.05, 0.1) is 47.2 Å². The van der Waals surface area contributed by atoms with Crippen molar-refractivity contribution in [2.75, 3.05) is 31.9 Å². The average Bonchev–Trinajstić information content (AvgIpc) is 0.764. The molecule has 13 aromatic carbocycles. The second-order valence-corrected chi connectivity index (χ2v) is 41.5. The van der Waals surface area contributed by atoms with Crippen LogP contribution in [-0.2, 0) is 70.8 Å². The summed E-state index contributed by atoms with van der Waals surface area (Å²) in [6.07, 6.45) is 0. The summed E-state index contributed by atoms with van der Waals surface area (Å²) in [5.41, 5.74) is 5.12. The van der Waals surface area contributed by atoms with Crippen LogP contribution in [0.4, 0.5) is 104 Å². The molecule has 0 fully saturated rings. The molecule has 16 N–H and O–H groups in total. The monoisotopic (exact) mass is 2110 g/mol. The van der Waals surface area contributed by atoms with Crippen LogP contribution in [0.1, 0.15) is 38.9 Å². The number of phenols is 3. The van der Waals surface area contributed by atoms with Gasteiger partial charge in [-0.3, -0.25) is 31.9 Å². The highest BCUT2D eigenvalue weighted by atomic mass is 35.5. The first-order valence-electron chi connectivity index (χ1n) is 39.9. The van der Waals surface area contributed by atoms with Crippen molar-refractivity contribution in [1.82, 2.24) is 44.9 Å². The fraction of sp³-hybridized carbons (Fsp3) is 0.0814. The Bertz CT molecular complexity index is 8850. The molecule has 0 saturated carbocycles. The normalized spacial score (nSPS) is 12.3. The largest absolute Gasteiger partial charge is 0.505 e. The van der Waals surface area contributed by atoms with Gasteiger partial charge < -0.3 is 47.2 Å². The van der Waals surface area contributed by atoms with Gasteiger partial charge in [0.15, 0.2) is 17.2 Å². The van der Waals surface area contributed by atoms with Crippen LogP contribution in [0.5, 0.6) is 17.2 Å². The molecular formula is C86H70Cl3N21O24S7. The molecule has 0 aliphatic rings. The molecule has 0 unspecified atom stereocenters. The molecule has 0 spiro atoms. The van der Waals surface area contributed by atoms with Crippen molar-refractivity contribution >= 4 is 253 Å². The lowest BCUT2D eigenvalue weighted by Gasteiger charge is -2.15. The number of anilines is 12. The van der Waals surface area contributed by atoms with E-state index in [2.05, 4.69) is 107 Å². The summed E-state index contributed by atoms with van der Waals surface area (Å²) in [6, 6.07) is 47.7. The third-order valence-corrected chi connectivity index (χ3v) is 26.7. The van der Waals surface area contributed by atoms with Gasteiger partial charge in [-0.25, -0.2) is 0 Å². The summed E-state index contributed by atoms with van der Waals surface area (Å²) in [7, 11) is -32.7. The summed E-state index contributed by atoms with van der Waals surface area (Å²) in [5.74, 6) is -2.36. The highest BCUT2D eigenvalue weighted by molar-refractivity contribution is 7.87. The van der Waals surface area contributed by atoms with Gasteiger partial charge >= 0.3 is 0 Å². The summed E-state index contributed by atoms with van der Waals surface area (Å²) in [4.78, 5) is 33.2. The van der Waals surface area contributed by atoms with E-state index < -0.39 is 112 Å². The Hall–Kier alpha value is -14.8. The predicted octanol–water partition coefficient (Wildman–Crippen LogP) is 19.9. The maximum Gasteiger partial charge on any atom is 0.297 e. The molecule has 3 aromatic heterocycles. The van der Waals surface area contributed by atoms with E-state index in [1.165, 1.54) is 79.7 Å². The van der Waals surface area contributed by atoms with Crippen molar-refractivity contribution in [3.63, 3.8) is 0 Å². The minimum absolute atomic E-state index is 0.0283. The van der Waals surface area contributed by atoms with Crippen LogP contribution in [0, 0.1) is 48.5 Å². The molecule has 0 atom stereocenters. The smallest absolute Gasteiger partial charge is 0.297 e. The summed E-state index contributed by atoms with van der Waals surface area (Å²) in [6.45, 7) is 12.0. The number of nitrogens with zero attached hydrogens (tertiary/aromatic N) is 15. The molecule has 141 heavy (non-hydrogen) atoms. The highest BCUT2D eigenvalue weighted by Gasteiger charge is 2.29. The Labute approximate surface area is 815 Å². The predicted molar refractivity (Wildman–Crippen MR) is 522 cm³/mol. The molecular weight excluding hydrogens is 2040 g/mol. The molecule has 45 nitrogen and oxygen atoms in total. The molecule has 0 radical (unpaired) electrons. The zero-order valence-electron chi connectivity index (χ0n) is 72.9. The molecule has 0 saturated heterocycles. The lowest BCUT2D eigenvalue weighted by atomic mass is 10.0. The minimum atomic E-state index is -4.79. The molecule has 16 rings (SSSR count). The first-order valence-corrected chi connectivity index (χ1v) is 51.1. The Balaban J connectivity index is 0.000000168. The van der Waals surface area contributed by atoms with Gasteiger partial charge in [0.1, 0.15) is 38.2 Å². The number of aryl methyl sites for hydroxylation is 7. The van der Waals surface area contributed by atoms with E-state index in [0.29, 0.717) is 33.5 Å². The molecule has 0 aliphatic carbocycles. The van der Waals surface area contributed by atoms with Gasteiger partial charge in [-0.1, -0.05) is 83.4 Å². The number of aromatic hydroxyl groups is 3. The lowest BCUT2D eigenvalue weighted by Crippen LogP contribution is -2.06. The maximum atomic E-state index is 12.5. The van der Waals surface area contributed by atoms with Gasteiger partial charge in [-0.05, 0) is 261 Å². The minimum Gasteiger partial charge on any atom is -0.505 e. The number of halogens is 3. The van der Waals surface area contributed by atoms with Crippen LogP contribution < -0.4 is 31.9 Å². The van der Waals surface area contributed by atoms with Crippen LogP contribution in [0.3, 0.4) is 0 Å². The van der Waals surface area contributed by atoms with Crippen LogP contribution in [0.2, 0.25) is 15.9 Å². The van der Waals surface area contributed by atoms with Crippen molar-refractivity contribution in [2.45, 2.75) is 82.7 Å². The maximum absolute atomic E-state index is 12.5. The quantitative estimate of drug-likeness (QED) is 0.0187. The Morgan fingerprint density at radius 2 is 0.596 bits per heavy atom. The molecule has 55 heteroatoms. The second-order valence-electron chi connectivity index (χ2n) is 30.7. The average molecular weight is 2110 g/mol. The molecule has 0 bridgehead atoms. The Morgan fingerprint density at radius 1 is 0.270 bits per heavy atom. The van der Waals surface area contributed by atoms with Gasteiger partial charge in [0.2, 0.25) is 51.5 Å². The van der Waals surface area contributed by atoms with Gasteiger partial charge in [-0.15, -0.1) is 25.6 Å². The van der Waals surface area contributed by atoms with Crippen LogP contribution in [0.25, 0.3) is 43.1 Å². The number of fused-ring (bicyclic) bond motifs is 4. The topological polar surface area (TPSA) is 704 Å². The SMILES string of the molecule is Cc1ccc(N=Nc2c(C)cc3cc(S(=O)(=O)O)cc(Nc4nc(Cl)nc(Nc5cccc(S(=O)(=O)O)c5)n4)c3c2O)c(S(=O)(=O)O)c1.Cc1ccc(N=Nc2c(C)cc3cc(S(=O)(=O)O)cc(Nc4nc(Cl)nc(Nc5cccc(S(=O)(=O)O)c5)n4)c3c2O)cc1.Cc1ccc(Nc2nc(Cl)nc(Nc3cc(S(=O)(=O)O)cc4cc(C)c(N=Nc5ccc6cc(C)ccc6c5S(=O)(=O)O)c(O)c34)n2)cc1. The molecule has 0 aliphatic heterocycles. The zero-order valence-corrected chi connectivity index (χ0v) is 80.9. The van der Waals surface area contributed by atoms with Crippen molar-refractivity contribution in [1.29, 1.82) is 0 Å².